The Bertz CT molecular complexity index is 421. The van der Waals surface area contributed by atoms with Crippen molar-refractivity contribution in [1.82, 2.24) is 0 Å². The Morgan fingerprint density at radius 1 is 1.29 bits per heavy atom. The number of nitrogens with two attached hydrogens (primary N) is 1. The summed E-state index contributed by atoms with van der Waals surface area (Å²) in [6.07, 6.45) is 1.14. The monoisotopic (exact) mass is 188 g/mol. The maximum absolute atomic E-state index is 11.1. The number of hydrogen-bond donors (Lipinski definition) is 1. The van der Waals surface area contributed by atoms with Crippen molar-refractivity contribution in [2.24, 2.45) is 10.7 Å². The van der Waals surface area contributed by atoms with Crippen LogP contribution in [0.3, 0.4) is 0 Å². The summed E-state index contributed by atoms with van der Waals surface area (Å²) in [5.41, 5.74) is 6.10. The van der Waals surface area contributed by atoms with E-state index in [1.54, 1.807) is 0 Å². The number of carbonyl (C=O) groups excluding carboxylic acids is 1. The van der Waals surface area contributed by atoms with E-state index in [0.29, 0.717) is 5.90 Å². The van der Waals surface area contributed by atoms with E-state index in [4.69, 9.17) is 10.5 Å². The van der Waals surface area contributed by atoms with Crippen molar-refractivity contribution in [3.05, 3.63) is 47.8 Å². The van der Waals surface area contributed by atoms with E-state index in [2.05, 4.69) is 4.99 Å². The van der Waals surface area contributed by atoms with Crippen LogP contribution >= 0.6 is 0 Å². The van der Waals surface area contributed by atoms with Crippen molar-refractivity contribution in [2.75, 3.05) is 0 Å². The van der Waals surface area contributed by atoms with Gasteiger partial charge in [-0.2, -0.15) is 0 Å². The van der Waals surface area contributed by atoms with E-state index in [-0.39, 0.29) is 5.70 Å². The highest BCUT2D eigenvalue weighted by molar-refractivity contribution is 6.10. The molecule has 1 aliphatic heterocycles. The molecular weight excluding hydrogens is 180 g/mol. The fourth-order valence-corrected chi connectivity index (χ4v) is 1.13. The molecular formula is C10H8N2O2. The Kier molecular flexibility index (Phi) is 2.02. The Hall–Kier alpha value is -2.10. The van der Waals surface area contributed by atoms with Crippen LogP contribution in [0.4, 0.5) is 0 Å². The zero-order chi connectivity index (χ0) is 9.97. The van der Waals surface area contributed by atoms with E-state index in [9.17, 15) is 4.79 Å². The van der Waals surface area contributed by atoms with Crippen molar-refractivity contribution in [2.45, 2.75) is 0 Å². The molecule has 1 heterocycles. The summed E-state index contributed by atoms with van der Waals surface area (Å²) in [4.78, 5) is 15.0. The maximum Gasteiger partial charge on any atom is 0.365 e. The number of benzene rings is 1. The van der Waals surface area contributed by atoms with Gasteiger partial charge in [0.15, 0.2) is 5.70 Å². The summed E-state index contributed by atoms with van der Waals surface area (Å²) in [5.74, 6) is -0.210. The summed E-state index contributed by atoms with van der Waals surface area (Å²) >= 11 is 0. The zero-order valence-corrected chi connectivity index (χ0v) is 7.31. The minimum atomic E-state index is -0.508. The highest BCUT2D eigenvalue weighted by Gasteiger charge is 2.23. The first kappa shape index (κ1) is 8.50. The van der Waals surface area contributed by atoms with Gasteiger partial charge < -0.3 is 10.5 Å². The van der Waals surface area contributed by atoms with Crippen LogP contribution in [0.15, 0.2) is 47.2 Å². The number of carbonyl (C=O) groups is 1. The van der Waals surface area contributed by atoms with Crippen LogP contribution in [-0.2, 0) is 9.53 Å². The van der Waals surface area contributed by atoms with Crippen LogP contribution in [-0.4, -0.2) is 11.9 Å². The molecule has 0 unspecified atom stereocenters. The molecule has 0 fully saturated rings. The third-order valence-corrected chi connectivity index (χ3v) is 1.80. The first-order valence-electron chi connectivity index (χ1n) is 4.09. The Balaban J connectivity index is 2.36. The van der Waals surface area contributed by atoms with Crippen molar-refractivity contribution in [3.8, 4) is 0 Å². The maximum atomic E-state index is 11.1. The number of aliphatic imine (C=N–C) groups is 1. The molecule has 1 aromatic carbocycles. The highest BCUT2D eigenvalue weighted by Crippen LogP contribution is 2.14. The molecule has 0 spiro atoms. The highest BCUT2D eigenvalue weighted by atomic mass is 16.6. The molecule has 0 atom stereocenters. The summed E-state index contributed by atoms with van der Waals surface area (Å²) in [6, 6.07) is 9.18. The molecule has 4 nitrogen and oxygen atoms in total. The van der Waals surface area contributed by atoms with Crippen LogP contribution in [0.25, 0.3) is 0 Å². The quantitative estimate of drug-likeness (QED) is 0.523. The molecule has 0 amide bonds. The lowest BCUT2D eigenvalue weighted by Gasteiger charge is -1.96. The van der Waals surface area contributed by atoms with E-state index in [1.165, 1.54) is 0 Å². The Morgan fingerprint density at radius 2 is 2.00 bits per heavy atom. The second-order valence-corrected chi connectivity index (χ2v) is 2.72. The van der Waals surface area contributed by atoms with Crippen LogP contribution < -0.4 is 5.73 Å². The largest absolute Gasteiger partial charge is 0.403 e. The van der Waals surface area contributed by atoms with E-state index >= 15 is 0 Å². The molecule has 0 saturated heterocycles. The van der Waals surface area contributed by atoms with Gasteiger partial charge in [-0.15, -0.1) is 0 Å². The lowest BCUT2D eigenvalue weighted by molar-refractivity contribution is -0.130. The second kappa shape index (κ2) is 3.33. The van der Waals surface area contributed by atoms with Crippen molar-refractivity contribution in [1.29, 1.82) is 0 Å². The van der Waals surface area contributed by atoms with Crippen LogP contribution in [0.5, 0.6) is 0 Å². The summed E-state index contributed by atoms with van der Waals surface area (Å²) < 4.78 is 4.91. The predicted molar refractivity (Wildman–Crippen MR) is 51.3 cm³/mol. The predicted octanol–water partition coefficient (Wildman–Crippen LogP) is 0.790. The third kappa shape index (κ3) is 1.37. The van der Waals surface area contributed by atoms with Gasteiger partial charge in [-0.1, -0.05) is 18.2 Å². The van der Waals surface area contributed by atoms with E-state index in [0.717, 1.165) is 11.8 Å². The summed E-state index contributed by atoms with van der Waals surface area (Å²) in [5, 5.41) is 0. The normalized spacial score (nSPS) is 18.1. The van der Waals surface area contributed by atoms with Gasteiger partial charge in [-0.25, -0.2) is 9.79 Å². The molecule has 70 valence electrons. The number of ether oxygens (including phenoxy) is 1. The molecule has 0 radical (unpaired) electrons. The fourth-order valence-electron chi connectivity index (χ4n) is 1.13. The van der Waals surface area contributed by atoms with Gasteiger partial charge in [-0.05, 0) is 12.1 Å². The van der Waals surface area contributed by atoms with Gasteiger partial charge in [0, 0.05) is 11.8 Å². The van der Waals surface area contributed by atoms with Gasteiger partial charge in [-0.3, -0.25) is 0 Å². The standard InChI is InChI=1S/C10H8N2O2/c11-6-8-10(13)14-9(12-8)7-4-2-1-3-5-7/h1-6H,11H2. The molecule has 2 N–H and O–H groups in total. The number of nitrogens with zero attached hydrogens (tertiary/aromatic N) is 1. The number of rotatable bonds is 1. The number of esters is 1. The second-order valence-electron chi connectivity index (χ2n) is 2.72. The van der Waals surface area contributed by atoms with Crippen molar-refractivity contribution in [3.63, 3.8) is 0 Å². The molecule has 0 aliphatic carbocycles. The minimum absolute atomic E-state index is 0.142. The van der Waals surface area contributed by atoms with Crippen molar-refractivity contribution >= 4 is 11.9 Å². The lowest BCUT2D eigenvalue weighted by atomic mass is 10.2. The summed E-state index contributed by atoms with van der Waals surface area (Å²) in [6.45, 7) is 0. The molecule has 1 aromatic rings. The lowest BCUT2D eigenvalue weighted by Crippen LogP contribution is -2.05. The number of cyclic esters (lactones) is 1. The Labute approximate surface area is 80.7 Å². The van der Waals surface area contributed by atoms with Gasteiger partial charge in [0.2, 0.25) is 5.90 Å². The van der Waals surface area contributed by atoms with E-state index < -0.39 is 5.97 Å². The smallest absolute Gasteiger partial charge is 0.365 e. The SMILES string of the molecule is NC=C1N=C(c2ccccc2)OC1=O. The number of hydrogen-bond acceptors (Lipinski definition) is 4. The van der Waals surface area contributed by atoms with Crippen LogP contribution in [0.2, 0.25) is 0 Å². The first-order chi connectivity index (χ1) is 6.81. The van der Waals surface area contributed by atoms with E-state index in [1.807, 2.05) is 30.3 Å². The molecule has 0 aromatic heterocycles. The van der Waals surface area contributed by atoms with Crippen molar-refractivity contribution < 1.29 is 9.53 Å². The molecule has 2 rings (SSSR count). The zero-order valence-electron chi connectivity index (χ0n) is 7.31. The first-order valence-corrected chi connectivity index (χ1v) is 4.09. The summed E-state index contributed by atoms with van der Waals surface area (Å²) in [7, 11) is 0. The van der Waals surface area contributed by atoms with Gasteiger partial charge >= 0.3 is 5.97 Å². The Morgan fingerprint density at radius 3 is 2.57 bits per heavy atom. The molecule has 4 heteroatoms. The average molecular weight is 188 g/mol. The average Bonchev–Trinajstić information content (AvgIpc) is 2.61. The fraction of sp³-hybridized carbons (Fsp3) is 0. The third-order valence-electron chi connectivity index (χ3n) is 1.80. The van der Waals surface area contributed by atoms with Crippen LogP contribution in [0.1, 0.15) is 5.56 Å². The van der Waals surface area contributed by atoms with Gasteiger partial charge in [0.05, 0.1) is 0 Å². The molecule has 0 bridgehead atoms. The van der Waals surface area contributed by atoms with Crippen LogP contribution in [0, 0.1) is 0 Å². The minimum Gasteiger partial charge on any atom is -0.403 e. The molecule has 0 saturated carbocycles. The van der Waals surface area contributed by atoms with Gasteiger partial charge in [0.1, 0.15) is 0 Å². The molecule has 1 aliphatic rings. The van der Waals surface area contributed by atoms with Gasteiger partial charge in [0.25, 0.3) is 0 Å². The molecule has 14 heavy (non-hydrogen) atoms. The topological polar surface area (TPSA) is 64.7 Å².